The Hall–Kier alpha value is -1.96. The first kappa shape index (κ1) is 20.0. The Labute approximate surface area is 178 Å². The van der Waals surface area contributed by atoms with Crippen molar-refractivity contribution in [1.29, 1.82) is 0 Å². The predicted molar refractivity (Wildman–Crippen MR) is 116 cm³/mol. The van der Waals surface area contributed by atoms with E-state index in [4.69, 9.17) is 9.72 Å². The van der Waals surface area contributed by atoms with Crippen LogP contribution in [0.2, 0.25) is 0 Å². The van der Waals surface area contributed by atoms with E-state index in [9.17, 15) is 4.79 Å². The average Bonchev–Trinajstić information content (AvgIpc) is 3.42. The molecule has 0 aliphatic carbocycles. The van der Waals surface area contributed by atoms with Gasteiger partial charge in [0.1, 0.15) is 5.65 Å². The molecular weight excluding hydrogens is 378 g/mol. The Morgan fingerprint density at radius 3 is 2.67 bits per heavy atom. The summed E-state index contributed by atoms with van der Waals surface area (Å²) in [5, 5.41) is 0. The fourth-order valence-electron chi connectivity index (χ4n) is 5.27. The summed E-state index contributed by atoms with van der Waals surface area (Å²) in [6.45, 7) is 9.27. The van der Waals surface area contributed by atoms with E-state index in [1.165, 1.54) is 45.3 Å². The molecule has 3 aliphatic heterocycles. The fourth-order valence-corrected chi connectivity index (χ4v) is 5.27. The molecule has 5 rings (SSSR count). The van der Waals surface area contributed by atoms with E-state index in [-0.39, 0.29) is 5.91 Å². The summed E-state index contributed by atoms with van der Waals surface area (Å²) >= 11 is 0. The van der Waals surface area contributed by atoms with Gasteiger partial charge in [0.15, 0.2) is 5.69 Å². The topological polar surface area (TPSA) is 53.3 Å². The summed E-state index contributed by atoms with van der Waals surface area (Å²) < 4.78 is 7.54. The highest BCUT2D eigenvalue weighted by atomic mass is 16.5. The van der Waals surface area contributed by atoms with Gasteiger partial charge >= 0.3 is 0 Å². The molecule has 0 aromatic carbocycles. The van der Waals surface area contributed by atoms with Gasteiger partial charge in [-0.1, -0.05) is 6.07 Å². The maximum Gasteiger partial charge on any atom is 0.274 e. The summed E-state index contributed by atoms with van der Waals surface area (Å²) in [6.07, 6.45) is 7.30. The molecule has 2 aromatic heterocycles. The van der Waals surface area contributed by atoms with E-state index >= 15 is 0 Å². The van der Waals surface area contributed by atoms with Crippen LogP contribution in [0.4, 0.5) is 0 Å². The van der Waals surface area contributed by atoms with Gasteiger partial charge in [0.25, 0.3) is 5.91 Å². The number of carbonyl (C=O) groups is 1. The minimum absolute atomic E-state index is 0.0441. The summed E-state index contributed by atoms with van der Waals surface area (Å²) in [5.41, 5.74) is 2.50. The predicted octanol–water partition coefficient (Wildman–Crippen LogP) is 2.11. The van der Waals surface area contributed by atoms with Crippen LogP contribution in [0.3, 0.4) is 0 Å². The van der Waals surface area contributed by atoms with Gasteiger partial charge < -0.3 is 18.9 Å². The highest BCUT2D eigenvalue weighted by Crippen LogP contribution is 2.24. The third kappa shape index (κ3) is 4.24. The number of fused-ring (bicyclic) bond motifs is 1. The molecule has 3 aliphatic rings. The Morgan fingerprint density at radius 2 is 1.83 bits per heavy atom. The molecule has 3 fully saturated rings. The minimum Gasteiger partial charge on any atom is -0.378 e. The van der Waals surface area contributed by atoms with Crippen molar-refractivity contribution in [3.8, 4) is 0 Å². The van der Waals surface area contributed by atoms with Crippen molar-refractivity contribution in [1.82, 2.24) is 24.1 Å². The van der Waals surface area contributed by atoms with E-state index in [2.05, 4.69) is 14.2 Å². The molecule has 0 bridgehead atoms. The van der Waals surface area contributed by atoms with Crippen LogP contribution in [-0.2, 0) is 11.3 Å². The van der Waals surface area contributed by atoms with Gasteiger partial charge in [0.05, 0.1) is 18.9 Å². The highest BCUT2D eigenvalue weighted by Gasteiger charge is 2.28. The van der Waals surface area contributed by atoms with Gasteiger partial charge in [-0.05, 0) is 63.4 Å². The van der Waals surface area contributed by atoms with Crippen molar-refractivity contribution >= 4 is 11.6 Å². The summed E-state index contributed by atoms with van der Waals surface area (Å²) in [4.78, 5) is 25.1. The molecule has 1 amide bonds. The third-order valence-corrected chi connectivity index (χ3v) is 6.82. The van der Waals surface area contributed by atoms with Crippen molar-refractivity contribution < 1.29 is 9.53 Å². The molecule has 0 N–H and O–H groups in total. The smallest absolute Gasteiger partial charge is 0.274 e. The quantitative estimate of drug-likeness (QED) is 0.754. The number of piperidine rings is 1. The molecule has 3 saturated heterocycles. The number of nitrogens with zero attached hydrogens (tertiary/aromatic N) is 5. The van der Waals surface area contributed by atoms with Crippen LogP contribution in [0, 0.1) is 5.92 Å². The maximum absolute atomic E-state index is 13.3. The molecule has 0 saturated carbocycles. The second-order valence-corrected chi connectivity index (χ2v) is 8.99. The number of likely N-dealkylation sites (tertiary alicyclic amines) is 2. The largest absolute Gasteiger partial charge is 0.378 e. The van der Waals surface area contributed by atoms with E-state index < -0.39 is 0 Å². The van der Waals surface area contributed by atoms with Crippen LogP contribution in [0.5, 0.6) is 0 Å². The maximum atomic E-state index is 13.3. The first-order valence-corrected chi connectivity index (χ1v) is 11.6. The number of hydrogen-bond acceptors (Lipinski definition) is 5. The number of pyridine rings is 1. The molecule has 1 unspecified atom stereocenters. The van der Waals surface area contributed by atoms with Gasteiger partial charge in [0.2, 0.25) is 0 Å². The van der Waals surface area contributed by atoms with Crippen molar-refractivity contribution in [2.45, 2.75) is 32.2 Å². The number of imidazole rings is 1. The Balaban J connectivity index is 1.35. The lowest BCUT2D eigenvalue weighted by molar-refractivity contribution is 0.0297. The molecule has 7 nitrogen and oxygen atoms in total. The minimum atomic E-state index is 0.0441. The van der Waals surface area contributed by atoms with Gasteiger partial charge in [-0.2, -0.15) is 0 Å². The van der Waals surface area contributed by atoms with Gasteiger partial charge in [-0.25, -0.2) is 4.98 Å². The van der Waals surface area contributed by atoms with Crippen molar-refractivity contribution in [3.63, 3.8) is 0 Å². The van der Waals surface area contributed by atoms with Crippen LogP contribution in [-0.4, -0.2) is 89.0 Å². The lowest BCUT2D eigenvalue weighted by atomic mass is 9.97. The summed E-state index contributed by atoms with van der Waals surface area (Å²) in [5.74, 6) is 0.775. The van der Waals surface area contributed by atoms with Crippen molar-refractivity contribution in [3.05, 3.63) is 35.8 Å². The van der Waals surface area contributed by atoms with E-state index in [0.717, 1.165) is 36.9 Å². The first-order valence-electron chi connectivity index (χ1n) is 11.6. The zero-order valence-corrected chi connectivity index (χ0v) is 17.8. The average molecular weight is 412 g/mol. The number of carbonyl (C=O) groups excluding carboxylic acids is 1. The fraction of sp³-hybridized carbons (Fsp3) is 0.652. The number of amides is 1. The molecule has 2 aromatic rings. The zero-order valence-electron chi connectivity index (χ0n) is 17.8. The molecule has 0 spiro atoms. The van der Waals surface area contributed by atoms with Crippen molar-refractivity contribution in [2.24, 2.45) is 5.92 Å². The number of ether oxygens (including phenoxy) is 1. The molecule has 162 valence electrons. The van der Waals surface area contributed by atoms with Gasteiger partial charge in [0, 0.05) is 38.9 Å². The molecule has 5 heterocycles. The normalized spacial score (nSPS) is 24.0. The Kier molecular flexibility index (Phi) is 6.02. The van der Waals surface area contributed by atoms with E-state index in [1.54, 1.807) is 0 Å². The second-order valence-electron chi connectivity index (χ2n) is 8.99. The molecule has 30 heavy (non-hydrogen) atoms. The SMILES string of the molecule is O=C(c1nc2ccccn2c1CN1CCCC(CN2CCCC2)C1)N1CCOCC1. The third-order valence-electron chi connectivity index (χ3n) is 6.82. The van der Waals surface area contributed by atoms with Gasteiger partial charge in [-0.15, -0.1) is 0 Å². The number of rotatable bonds is 5. The molecule has 1 atom stereocenters. The Bertz CT molecular complexity index is 870. The lowest BCUT2D eigenvalue weighted by Crippen LogP contribution is -2.42. The summed E-state index contributed by atoms with van der Waals surface area (Å²) in [6, 6.07) is 6.00. The first-order chi connectivity index (χ1) is 14.8. The standard InChI is InChI=1S/C23H33N5O2/c29-23(27-12-14-30-15-13-27)22-20(28-11-2-1-7-21(28)24-22)18-26-10-5-6-19(17-26)16-25-8-3-4-9-25/h1-2,7,11,19H,3-6,8-10,12-18H2. The Morgan fingerprint density at radius 1 is 1.03 bits per heavy atom. The van der Waals surface area contributed by atoms with E-state index in [1.807, 2.05) is 29.3 Å². The van der Waals surface area contributed by atoms with Crippen LogP contribution >= 0.6 is 0 Å². The molecule has 7 heteroatoms. The molecular formula is C23H33N5O2. The van der Waals surface area contributed by atoms with Crippen LogP contribution in [0.1, 0.15) is 41.9 Å². The van der Waals surface area contributed by atoms with Crippen LogP contribution < -0.4 is 0 Å². The van der Waals surface area contributed by atoms with Gasteiger partial charge in [-0.3, -0.25) is 9.69 Å². The van der Waals surface area contributed by atoms with Crippen LogP contribution in [0.25, 0.3) is 5.65 Å². The second kappa shape index (κ2) is 9.04. The van der Waals surface area contributed by atoms with Crippen molar-refractivity contribution in [2.75, 3.05) is 59.0 Å². The summed E-state index contributed by atoms with van der Waals surface area (Å²) in [7, 11) is 0. The zero-order chi connectivity index (χ0) is 20.3. The number of aromatic nitrogens is 2. The lowest BCUT2D eigenvalue weighted by Gasteiger charge is -2.34. The molecule has 0 radical (unpaired) electrons. The van der Waals surface area contributed by atoms with Crippen LogP contribution in [0.15, 0.2) is 24.4 Å². The van der Waals surface area contributed by atoms with E-state index in [0.29, 0.717) is 32.0 Å². The number of morpholine rings is 1. The monoisotopic (exact) mass is 411 g/mol. The highest BCUT2D eigenvalue weighted by molar-refractivity contribution is 5.94. The number of hydrogen-bond donors (Lipinski definition) is 0.